The summed E-state index contributed by atoms with van der Waals surface area (Å²) in [6.07, 6.45) is 0.892. The van der Waals surface area contributed by atoms with E-state index in [0.29, 0.717) is 38.6 Å². The van der Waals surface area contributed by atoms with E-state index in [1.807, 2.05) is 11.0 Å². The molecule has 2 atom stereocenters. The zero-order valence-electron chi connectivity index (χ0n) is 29.2. The highest BCUT2D eigenvalue weighted by Crippen LogP contribution is 2.47. The number of carbonyl (C=O) groups excluding carboxylic acids is 1. The van der Waals surface area contributed by atoms with Crippen molar-refractivity contribution < 1.29 is 31.5 Å². The van der Waals surface area contributed by atoms with Crippen molar-refractivity contribution in [2.45, 2.75) is 75.5 Å². The summed E-state index contributed by atoms with van der Waals surface area (Å²) in [5, 5.41) is 10.1. The maximum Gasteiger partial charge on any atom is 0.319 e. The molecule has 5 aliphatic rings. The molecule has 5 fully saturated rings. The predicted octanol–water partition coefficient (Wildman–Crippen LogP) is 5.78. The second-order valence-corrected chi connectivity index (χ2v) is 16.7. The van der Waals surface area contributed by atoms with Crippen molar-refractivity contribution in [2.24, 2.45) is 5.41 Å². The molecule has 4 aromatic rings. The van der Waals surface area contributed by atoms with Crippen LogP contribution in [0.2, 0.25) is 0 Å². The van der Waals surface area contributed by atoms with E-state index in [2.05, 4.69) is 9.88 Å². The number of likely N-dealkylation sites (tertiary alicyclic amines) is 1. The smallest absolute Gasteiger partial charge is 0.319 e. The maximum atomic E-state index is 17.6. The Labute approximate surface area is 310 Å². The summed E-state index contributed by atoms with van der Waals surface area (Å²) in [4.78, 5) is 41.4. The topological polar surface area (TPSA) is 134 Å². The summed E-state index contributed by atoms with van der Waals surface area (Å²) in [6, 6.07) is 3.91. The van der Waals surface area contributed by atoms with Gasteiger partial charge in [0.1, 0.15) is 46.4 Å². The van der Waals surface area contributed by atoms with Crippen molar-refractivity contribution >= 4 is 49.1 Å². The molecule has 11 nitrogen and oxygen atoms in total. The molecule has 0 unspecified atom stereocenters. The summed E-state index contributed by atoms with van der Waals surface area (Å²) in [7, 11) is 0. The van der Waals surface area contributed by atoms with Gasteiger partial charge in [-0.3, -0.25) is 14.5 Å². The van der Waals surface area contributed by atoms with Crippen LogP contribution in [0.3, 0.4) is 0 Å². The molecule has 4 aliphatic heterocycles. The normalized spacial score (nSPS) is 24.0. The number of fused-ring (bicyclic) bond motifs is 3. The van der Waals surface area contributed by atoms with Gasteiger partial charge in [0.15, 0.2) is 5.82 Å². The van der Waals surface area contributed by atoms with E-state index < -0.39 is 52.7 Å². The van der Waals surface area contributed by atoms with Crippen molar-refractivity contribution in [3.8, 4) is 23.3 Å². The summed E-state index contributed by atoms with van der Waals surface area (Å²) in [6.45, 7) is 1.93. The number of benzene rings is 1. The van der Waals surface area contributed by atoms with Crippen LogP contribution in [0.25, 0.3) is 32.2 Å². The Kier molecular flexibility index (Phi) is 8.31. The largest absolute Gasteiger partial charge is 0.461 e. The zero-order chi connectivity index (χ0) is 37.7. The SMILES string of the molecule is N#Cc1c(N)sc2c(F)ccc(-c3c(F)c4nc(OC[C@@]56CCCN5C[C@H](F)C6)nc(N5CCCCC6(CN(C(=O)C(F)F)C6)C5)c4c(=O)n3C3CC3)c12. The number of nitrogens with two attached hydrogens (primary N) is 1. The average Bonchev–Trinajstić information content (AvgIpc) is 3.77. The summed E-state index contributed by atoms with van der Waals surface area (Å²) in [5.41, 5.74) is 4.02. The number of rotatable bonds is 7. The molecule has 1 amide bonds. The van der Waals surface area contributed by atoms with Crippen LogP contribution >= 0.6 is 11.3 Å². The van der Waals surface area contributed by atoms with Crippen LogP contribution in [0.1, 0.15) is 63.0 Å². The molecule has 0 bridgehead atoms. The number of pyridine rings is 1. The summed E-state index contributed by atoms with van der Waals surface area (Å²) < 4.78 is 81.7. The van der Waals surface area contributed by atoms with Gasteiger partial charge in [-0.2, -0.15) is 24.0 Å². The molecular weight excluding hydrogens is 732 g/mol. The molecule has 7 heterocycles. The lowest BCUT2D eigenvalue weighted by Gasteiger charge is -2.51. The molecule has 284 valence electrons. The zero-order valence-corrected chi connectivity index (χ0v) is 30.0. The van der Waals surface area contributed by atoms with Gasteiger partial charge in [-0.25, -0.2) is 13.2 Å². The first-order valence-corrected chi connectivity index (χ1v) is 19.1. The number of amides is 1. The van der Waals surface area contributed by atoms with Gasteiger partial charge in [0.2, 0.25) is 0 Å². The first-order valence-electron chi connectivity index (χ1n) is 18.3. The number of nitrogens with zero attached hydrogens (tertiary/aromatic N) is 7. The van der Waals surface area contributed by atoms with Crippen LogP contribution in [0, 0.1) is 28.4 Å². The molecule has 1 saturated carbocycles. The van der Waals surface area contributed by atoms with E-state index >= 15 is 8.78 Å². The van der Waals surface area contributed by atoms with Crippen LogP contribution in [0.15, 0.2) is 16.9 Å². The lowest BCUT2D eigenvalue weighted by atomic mass is 9.75. The molecule has 9 rings (SSSR count). The van der Waals surface area contributed by atoms with Crippen molar-refractivity contribution in [1.29, 1.82) is 5.26 Å². The molecule has 1 spiro atoms. The lowest BCUT2D eigenvalue weighted by molar-refractivity contribution is -0.155. The third-order valence-electron chi connectivity index (χ3n) is 12.0. The number of ether oxygens (including phenoxy) is 1. The highest BCUT2D eigenvalue weighted by molar-refractivity contribution is 7.23. The number of thiophene rings is 1. The van der Waals surface area contributed by atoms with Gasteiger partial charge in [0.05, 0.1) is 21.5 Å². The molecule has 0 radical (unpaired) electrons. The van der Waals surface area contributed by atoms with Gasteiger partial charge in [0.25, 0.3) is 11.5 Å². The Balaban J connectivity index is 1.23. The number of halogens is 5. The first kappa shape index (κ1) is 35.2. The van der Waals surface area contributed by atoms with E-state index in [9.17, 15) is 28.0 Å². The minimum Gasteiger partial charge on any atom is -0.461 e. The Morgan fingerprint density at radius 1 is 1.09 bits per heavy atom. The van der Waals surface area contributed by atoms with Gasteiger partial charge in [-0.15, -0.1) is 11.3 Å². The Morgan fingerprint density at radius 3 is 2.63 bits per heavy atom. The minimum atomic E-state index is -3.12. The molecule has 4 saturated heterocycles. The summed E-state index contributed by atoms with van der Waals surface area (Å²) >= 11 is 0.866. The Bertz CT molecular complexity index is 2320. The fourth-order valence-electron chi connectivity index (χ4n) is 9.45. The average molecular weight is 769 g/mol. The number of nitriles is 1. The van der Waals surface area contributed by atoms with Gasteiger partial charge < -0.3 is 24.8 Å². The first-order chi connectivity index (χ1) is 25.9. The second kappa shape index (κ2) is 12.8. The van der Waals surface area contributed by atoms with Gasteiger partial charge >= 0.3 is 12.4 Å². The quantitative estimate of drug-likeness (QED) is 0.233. The highest BCUT2D eigenvalue weighted by atomic mass is 32.1. The molecule has 1 aromatic carbocycles. The van der Waals surface area contributed by atoms with Gasteiger partial charge in [0, 0.05) is 61.6 Å². The van der Waals surface area contributed by atoms with E-state index in [-0.39, 0.29) is 93.8 Å². The van der Waals surface area contributed by atoms with Crippen molar-refractivity contribution in [3.05, 3.63) is 39.7 Å². The Morgan fingerprint density at radius 2 is 1.89 bits per heavy atom. The van der Waals surface area contributed by atoms with Crippen LogP contribution in [0.4, 0.5) is 32.8 Å². The standard InChI is InChI=1S/C37H37F5N8O3S/c38-19-12-37(9-3-11-49(37)14-19)18-53-35-45-27-25(32(46-35)47-10-2-1-8-36(15-47)16-48(17-36)34(52)30(41)42)33(51)50(20-4-5-20)28(26(27)40)21-6-7-23(39)29-24(21)22(13-43)31(44)54-29/h6-7,19-20,30H,1-5,8-12,14-18,44H2/t19-,37+/m1/s1. The fourth-order valence-corrected chi connectivity index (χ4v) is 10.4. The van der Waals surface area contributed by atoms with E-state index in [1.165, 1.54) is 10.6 Å². The predicted molar refractivity (Wildman–Crippen MR) is 192 cm³/mol. The molecule has 17 heteroatoms. The maximum absolute atomic E-state index is 17.6. The van der Waals surface area contributed by atoms with Crippen molar-refractivity contribution in [3.63, 3.8) is 0 Å². The number of aromatic nitrogens is 3. The number of alkyl halides is 3. The molecule has 54 heavy (non-hydrogen) atoms. The highest BCUT2D eigenvalue weighted by Gasteiger charge is 2.50. The number of carbonyl (C=O) groups is 1. The fraction of sp³-hybridized carbons (Fsp3) is 0.541. The Hall–Kier alpha value is -4.56. The van der Waals surface area contributed by atoms with Crippen LogP contribution in [-0.4, -0.2) is 94.3 Å². The van der Waals surface area contributed by atoms with E-state index in [4.69, 9.17) is 15.5 Å². The van der Waals surface area contributed by atoms with Crippen molar-refractivity contribution in [2.75, 3.05) is 56.5 Å². The number of anilines is 2. The second-order valence-electron chi connectivity index (χ2n) is 15.6. The van der Waals surface area contributed by atoms with E-state index in [1.54, 1.807) is 0 Å². The number of hydrogen-bond acceptors (Lipinski definition) is 10. The van der Waals surface area contributed by atoms with Crippen LogP contribution in [-0.2, 0) is 4.79 Å². The van der Waals surface area contributed by atoms with Crippen molar-refractivity contribution in [1.82, 2.24) is 24.3 Å². The van der Waals surface area contributed by atoms with Crippen LogP contribution in [0.5, 0.6) is 6.01 Å². The molecule has 2 N–H and O–H groups in total. The third-order valence-corrected chi connectivity index (χ3v) is 13.1. The van der Waals surface area contributed by atoms with Crippen LogP contribution < -0.4 is 20.9 Å². The number of hydrogen-bond donors (Lipinski definition) is 1. The molecule has 3 aromatic heterocycles. The summed E-state index contributed by atoms with van der Waals surface area (Å²) in [5.74, 6) is -2.64. The molecular formula is C37H37F5N8O3S. The minimum absolute atomic E-state index is 0.0240. The third kappa shape index (κ3) is 5.50. The van der Waals surface area contributed by atoms with Gasteiger partial charge in [-0.1, -0.05) is 6.42 Å². The van der Waals surface area contributed by atoms with E-state index in [0.717, 1.165) is 41.7 Å². The molecule has 1 aliphatic carbocycles. The van der Waals surface area contributed by atoms with Gasteiger partial charge in [-0.05, 0) is 57.2 Å². The lowest BCUT2D eigenvalue weighted by Crippen LogP contribution is -2.63. The monoisotopic (exact) mass is 768 g/mol. The number of nitrogen functional groups attached to an aromatic ring is 1.